The standard InChI is InChI=1S/C14H10FN3O/c1-9(19)12-7-17-18-8-11(2-4-13(12)18)10-3-5-14(15)16-6-10/h2-8H,1H3. The van der Waals surface area contributed by atoms with Gasteiger partial charge in [-0.3, -0.25) is 4.79 Å². The molecule has 4 nitrogen and oxygen atoms in total. The van der Waals surface area contributed by atoms with Crippen LogP contribution >= 0.6 is 0 Å². The number of Topliss-reactive ketones (excluding diaryl/α,β-unsaturated/α-hetero) is 1. The molecule has 3 aromatic heterocycles. The van der Waals surface area contributed by atoms with Crippen LogP contribution in [0.25, 0.3) is 16.6 Å². The molecule has 0 aliphatic rings. The van der Waals surface area contributed by atoms with Crippen LogP contribution in [0.5, 0.6) is 0 Å². The SMILES string of the molecule is CC(=O)c1cnn2cc(-c3ccc(F)nc3)ccc12. The molecule has 0 unspecified atom stereocenters. The summed E-state index contributed by atoms with van der Waals surface area (Å²) >= 11 is 0. The summed E-state index contributed by atoms with van der Waals surface area (Å²) in [5.41, 5.74) is 3.00. The van der Waals surface area contributed by atoms with Crippen molar-refractivity contribution in [3.05, 3.63) is 54.4 Å². The van der Waals surface area contributed by atoms with E-state index in [0.717, 1.165) is 16.6 Å². The van der Waals surface area contributed by atoms with Crippen LogP contribution in [0.1, 0.15) is 17.3 Å². The number of halogens is 1. The van der Waals surface area contributed by atoms with Gasteiger partial charge in [0, 0.05) is 23.5 Å². The monoisotopic (exact) mass is 255 g/mol. The maximum atomic E-state index is 12.8. The van der Waals surface area contributed by atoms with E-state index in [9.17, 15) is 9.18 Å². The fourth-order valence-electron chi connectivity index (χ4n) is 1.97. The van der Waals surface area contributed by atoms with E-state index in [1.807, 2.05) is 12.1 Å². The normalized spacial score (nSPS) is 10.8. The lowest BCUT2D eigenvalue weighted by Crippen LogP contribution is -1.93. The number of carbonyl (C=O) groups excluding carboxylic acids is 1. The fraction of sp³-hybridized carbons (Fsp3) is 0.0714. The third kappa shape index (κ3) is 1.99. The van der Waals surface area contributed by atoms with E-state index in [4.69, 9.17) is 0 Å². The van der Waals surface area contributed by atoms with Crippen LogP contribution < -0.4 is 0 Å². The van der Waals surface area contributed by atoms with E-state index in [1.165, 1.54) is 19.2 Å². The first-order valence-corrected chi connectivity index (χ1v) is 5.75. The zero-order valence-corrected chi connectivity index (χ0v) is 10.2. The Kier molecular flexibility index (Phi) is 2.59. The van der Waals surface area contributed by atoms with Crippen LogP contribution in [0, 0.1) is 5.95 Å². The third-order valence-corrected chi connectivity index (χ3v) is 2.96. The Bertz CT molecular complexity index is 762. The molecular weight excluding hydrogens is 245 g/mol. The second-order valence-corrected chi connectivity index (χ2v) is 4.23. The van der Waals surface area contributed by atoms with Gasteiger partial charge in [0.2, 0.25) is 5.95 Å². The number of ketones is 1. The van der Waals surface area contributed by atoms with E-state index in [2.05, 4.69) is 10.1 Å². The number of nitrogens with zero attached hydrogens (tertiary/aromatic N) is 3. The molecule has 3 heterocycles. The number of rotatable bonds is 2. The van der Waals surface area contributed by atoms with Gasteiger partial charge in [-0.1, -0.05) is 6.07 Å². The van der Waals surface area contributed by atoms with Crippen LogP contribution in [0.15, 0.2) is 42.9 Å². The van der Waals surface area contributed by atoms with Crippen LogP contribution in [0.4, 0.5) is 4.39 Å². The van der Waals surface area contributed by atoms with Crippen molar-refractivity contribution in [1.29, 1.82) is 0 Å². The number of carbonyl (C=O) groups is 1. The number of pyridine rings is 2. The molecule has 19 heavy (non-hydrogen) atoms. The van der Waals surface area contributed by atoms with Crippen molar-refractivity contribution < 1.29 is 9.18 Å². The van der Waals surface area contributed by atoms with Gasteiger partial charge in [0.05, 0.1) is 17.3 Å². The van der Waals surface area contributed by atoms with Crippen LogP contribution in [-0.2, 0) is 0 Å². The topological polar surface area (TPSA) is 47.3 Å². The van der Waals surface area contributed by atoms with Gasteiger partial charge in [0.25, 0.3) is 0 Å². The number of hydrogen-bond donors (Lipinski definition) is 0. The first-order valence-electron chi connectivity index (χ1n) is 5.75. The Labute approximate surface area is 108 Å². The molecule has 0 amide bonds. The van der Waals surface area contributed by atoms with Crippen molar-refractivity contribution in [3.63, 3.8) is 0 Å². The largest absolute Gasteiger partial charge is 0.294 e. The van der Waals surface area contributed by atoms with E-state index in [0.29, 0.717) is 5.56 Å². The fourth-order valence-corrected chi connectivity index (χ4v) is 1.97. The van der Waals surface area contributed by atoms with Gasteiger partial charge in [-0.2, -0.15) is 9.49 Å². The zero-order chi connectivity index (χ0) is 13.4. The molecule has 3 aromatic rings. The number of aromatic nitrogens is 3. The summed E-state index contributed by atoms with van der Waals surface area (Å²) < 4.78 is 14.4. The smallest absolute Gasteiger partial charge is 0.212 e. The van der Waals surface area contributed by atoms with Crippen molar-refractivity contribution >= 4 is 11.3 Å². The molecule has 0 radical (unpaired) electrons. The maximum absolute atomic E-state index is 12.8. The van der Waals surface area contributed by atoms with Crippen LogP contribution in [0.3, 0.4) is 0 Å². The second kappa shape index (κ2) is 4.28. The van der Waals surface area contributed by atoms with Crippen molar-refractivity contribution in [2.75, 3.05) is 0 Å². The molecule has 0 fully saturated rings. The molecule has 0 atom stereocenters. The Morgan fingerprint density at radius 3 is 2.63 bits per heavy atom. The molecule has 94 valence electrons. The molecule has 0 aliphatic heterocycles. The van der Waals surface area contributed by atoms with Gasteiger partial charge in [-0.05, 0) is 25.1 Å². The van der Waals surface area contributed by atoms with Gasteiger partial charge < -0.3 is 0 Å². The molecule has 0 spiro atoms. The summed E-state index contributed by atoms with van der Waals surface area (Å²) in [7, 11) is 0. The van der Waals surface area contributed by atoms with Gasteiger partial charge in [0.1, 0.15) is 0 Å². The molecule has 3 rings (SSSR count). The molecular formula is C14H10FN3O. The number of fused-ring (bicyclic) bond motifs is 1. The van der Waals surface area contributed by atoms with Gasteiger partial charge >= 0.3 is 0 Å². The highest BCUT2D eigenvalue weighted by Gasteiger charge is 2.09. The summed E-state index contributed by atoms with van der Waals surface area (Å²) in [5, 5.41) is 4.14. The van der Waals surface area contributed by atoms with Gasteiger partial charge in [0.15, 0.2) is 5.78 Å². The average molecular weight is 255 g/mol. The molecule has 0 aromatic carbocycles. The minimum atomic E-state index is -0.511. The lowest BCUT2D eigenvalue weighted by molar-refractivity contribution is 0.101. The maximum Gasteiger partial charge on any atom is 0.212 e. The Morgan fingerprint density at radius 1 is 1.16 bits per heavy atom. The summed E-state index contributed by atoms with van der Waals surface area (Å²) in [6, 6.07) is 6.64. The Balaban J connectivity index is 2.12. The summed E-state index contributed by atoms with van der Waals surface area (Å²) in [4.78, 5) is 15.0. The van der Waals surface area contributed by atoms with Crippen molar-refractivity contribution in [2.45, 2.75) is 6.92 Å². The Morgan fingerprint density at radius 2 is 1.95 bits per heavy atom. The molecule has 0 aliphatic carbocycles. The predicted octanol–water partition coefficient (Wildman–Crippen LogP) is 2.74. The van der Waals surface area contributed by atoms with E-state index in [-0.39, 0.29) is 5.78 Å². The predicted molar refractivity (Wildman–Crippen MR) is 68.4 cm³/mol. The van der Waals surface area contributed by atoms with Crippen LogP contribution in [-0.4, -0.2) is 20.4 Å². The minimum Gasteiger partial charge on any atom is -0.294 e. The molecule has 0 saturated carbocycles. The summed E-state index contributed by atoms with van der Waals surface area (Å²) in [6.45, 7) is 1.51. The van der Waals surface area contributed by atoms with Crippen molar-refractivity contribution in [3.8, 4) is 11.1 Å². The number of hydrogen-bond acceptors (Lipinski definition) is 3. The first-order chi connectivity index (χ1) is 9.15. The molecule has 0 bridgehead atoms. The average Bonchev–Trinajstić information content (AvgIpc) is 2.82. The summed E-state index contributed by atoms with van der Waals surface area (Å²) in [6.07, 6.45) is 4.80. The third-order valence-electron chi connectivity index (χ3n) is 2.96. The highest BCUT2D eigenvalue weighted by Crippen LogP contribution is 2.20. The highest BCUT2D eigenvalue weighted by molar-refractivity contribution is 6.00. The lowest BCUT2D eigenvalue weighted by Gasteiger charge is -2.02. The Hall–Kier alpha value is -2.56. The van der Waals surface area contributed by atoms with Gasteiger partial charge in [-0.15, -0.1) is 0 Å². The quantitative estimate of drug-likeness (QED) is 0.522. The summed E-state index contributed by atoms with van der Waals surface area (Å²) in [5.74, 6) is -0.533. The molecule has 5 heteroatoms. The minimum absolute atomic E-state index is 0.0220. The van der Waals surface area contributed by atoms with E-state index in [1.54, 1.807) is 23.0 Å². The second-order valence-electron chi connectivity index (χ2n) is 4.23. The molecule has 0 saturated heterocycles. The van der Waals surface area contributed by atoms with E-state index < -0.39 is 5.95 Å². The van der Waals surface area contributed by atoms with Gasteiger partial charge in [-0.25, -0.2) is 9.50 Å². The van der Waals surface area contributed by atoms with E-state index >= 15 is 0 Å². The van der Waals surface area contributed by atoms with Crippen molar-refractivity contribution in [1.82, 2.24) is 14.6 Å². The van der Waals surface area contributed by atoms with Crippen molar-refractivity contribution in [2.24, 2.45) is 0 Å². The molecule has 0 N–H and O–H groups in total. The first kappa shape index (κ1) is 11.5. The highest BCUT2D eigenvalue weighted by atomic mass is 19.1. The van der Waals surface area contributed by atoms with Crippen LogP contribution in [0.2, 0.25) is 0 Å². The lowest BCUT2D eigenvalue weighted by atomic mass is 10.1. The zero-order valence-electron chi connectivity index (χ0n) is 10.2.